The van der Waals surface area contributed by atoms with Crippen molar-refractivity contribution in [2.75, 3.05) is 18.0 Å². The summed E-state index contributed by atoms with van der Waals surface area (Å²) >= 11 is 0. The first-order valence-corrected chi connectivity index (χ1v) is 10.1. The maximum absolute atomic E-state index is 13.4. The average molecular weight is 380 g/mol. The third-order valence-corrected chi connectivity index (χ3v) is 5.80. The molecule has 0 bridgehead atoms. The van der Waals surface area contributed by atoms with Crippen LogP contribution in [0.25, 0.3) is 0 Å². The van der Waals surface area contributed by atoms with Gasteiger partial charge in [-0.1, -0.05) is 29.8 Å². The van der Waals surface area contributed by atoms with Gasteiger partial charge in [0, 0.05) is 43.0 Å². The number of carbonyl (C=O) groups is 1. The lowest BCUT2D eigenvalue weighted by Crippen LogP contribution is -2.35. The van der Waals surface area contributed by atoms with Crippen molar-refractivity contribution in [1.82, 2.24) is 14.9 Å². The van der Waals surface area contributed by atoms with E-state index in [0.717, 1.165) is 55.0 Å². The van der Waals surface area contributed by atoms with E-state index in [1.165, 1.54) is 5.56 Å². The molecule has 1 aromatic carbocycles. The van der Waals surface area contributed by atoms with E-state index in [0.29, 0.717) is 18.4 Å². The number of amides is 1. The van der Waals surface area contributed by atoms with Crippen molar-refractivity contribution >= 4 is 11.7 Å². The minimum Gasteiger partial charge on any atom is -0.355 e. The number of nitrogens with zero attached hydrogens (tertiary/aromatic N) is 4. The molecule has 0 unspecified atom stereocenters. The summed E-state index contributed by atoms with van der Waals surface area (Å²) in [5.74, 6) is 1.09. The quantitative estimate of drug-likeness (QED) is 0.865. The molecule has 148 valence electrons. The lowest BCUT2D eigenvalue weighted by atomic mass is 10.1. The van der Waals surface area contributed by atoms with Crippen LogP contribution in [0.5, 0.6) is 0 Å². The van der Waals surface area contributed by atoms with Crippen LogP contribution in [-0.4, -0.2) is 45.9 Å². The summed E-state index contributed by atoms with van der Waals surface area (Å²) in [7, 11) is 0. The summed E-state index contributed by atoms with van der Waals surface area (Å²) in [5, 5.41) is 0. The van der Waals surface area contributed by atoms with Gasteiger partial charge in [0.15, 0.2) is 0 Å². The van der Waals surface area contributed by atoms with Gasteiger partial charge in [-0.3, -0.25) is 4.79 Å². The van der Waals surface area contributed by atoms with E-state index in [4.69, 9.17) is 10.7 Å². The number of carbonyl (C=O) groups excluding carboxylic acids is 1. The summed E-state index contributed by atoms with van der Waals surface area (Å²) in [6.07, 6.45) is 3.06. The Bertz CT molecular complexity index is 875. The number of benzene rings is 1. The van der Waals surface area contributed by atoms with Crippen molar-refractivity contribution in [3.63, 3.8) is 0 Å². The van der Waals surface area contributed by atoms with Gasteiger partial charge in [0.25, 0.3) is 5.91 Å². The molecule has 2 aliphatic rings. The van der Waals surface area contributed by atoms with Gasteiger partial charge in [0.1, 0.15) is 5.82 Å². The standard InChI is InChI=1S/C22H29N5O/c1-14-4-6-17(7-5-14)12-27(19-8-9-19)22(28)20-24-16(3)15(2)21(25-20)26-11-10-18(23)13-26/h4-7,18-19H,8-13,23H2,1-3H3/t18-/m1/s1. The number of hydrogen-bond acceptors (Lipinski definition) is 5. The third kappa shape index (κ3) is 3.87. The van der Waals surface area contributed by atoms with E-state index in [1.54, 1.807) is 0 Å². The van der Waals surface area contributed by atoms with Gasteiger partial charge in [-0.05, 0) is 45.6 Å². The predicted molar refractivity (Wildman–Crippen MR) is 110 cm³/mol. The third-order valence-electron chi connectivity index (χ3n) is 5.80. The Kier molecular flexibility index (Phi) is 5.06. The molecule has 28 heavy (non-hydrogen) atoms. The molecule has 0 spiro atoms. The Hall–Kier alpha value is -2.47. The molecule has 6 heteroatoms. The highest BCUT2D eigenvalue weighted by atomic mass is 16.2. The summed E-state index contributed by atoms with van der Waals surface area (Å²) < 4.78 is 0. The normalized spacial score (nSPS) is 19.1. The summed E-state index contributed by atoms with van der Waals surface area (Å²) in [5.41, 5.74) is 10.3. The van der Waals surface area contributed by atoms with Crippen molar-refractivity contribution < 1.29 is 4.79 Å². The van der Waals surface area contributed by atoms with Crippen molar-refractivity contribution in [2.24, 2.45) is 5.73 Å². The summed E-state index contributed by atoms with van der Waals surface area (Å²) in [6.45, 7) is 8.30. The van der Waals surface area contributed by atoms with Crippen LogP contribution in [0, 0.1) is 20.8 Å². The number of anilines is 1. The zero-order valence-electron chi connectivity index (χ0n) is 17.0. The largest absolute Gasteiger partial charge is 0.355 e. The van der Waals surface area contributed by atoms with Crippen LogP contribution < -0.4 is 10.6 Å². The van der Waals surface area contributed by atoms with Gasteiger partial charge in [0.05, 0.1) is 0 Å². The Morgan fingerprint density at radius 2 is 1.86 bits per heavy atom. The fraction of sp³-hybridized carbons (Fsp3) is 0.500. The summed E-state index contributed by atoms with van der Waals surface area (Å²) in [4.78, 5) is 26.7. The topological polar surface area (TPSA) is 75.4 Å². The molecule has 1 atom stereocenters. The zero-order valence-corrected chi connectivity index (χ0v) is 17.0. The van der Waals surface area contributed by atoms with Gasteiger partial charge in [-0.25, -0.2) is 9.97 Å². The monoisotopic (exact) mass is 379 g/mol. The molecule has 2 fully saturated rings. The number of aromatic nitrogens is 2. The Balaban J connectivity index is 1.61. The summed E-state index contributed by atoms with van der Waals surface area (Å²) in [6, 6.07) is 8.83. The van der Waals surface area contributed by atoms with Crippen LogP contribution in [-0.2, 0) is 6.54 Å². The van der Waals surface area contributed by atoms with E-state index in [9.17, 15) is 4.79 Å². The molecule has 1 saturated heterocycles. The molecule has 1 amide bonds. The van der Waals surface area contributed by atoms with Crippen LogP contribution in [0.4, 0.5) is 5.82 Å². The minimum atomic E-state index is -0.0732. The second kappa shape index (κ2) is 7.51. The van der Waals surface area contributed by atoms with Crippen molar-refractivity contribution in [1.29, 1.82) is 0 Å². The average Bonchev–Trinajstić information content (AvgIpc) is 3.43. The molecular weight excluding hydrogens is 350 g/mol. The van der Waals surface area contributed by atoms with Crippen molar-refractivity contribution in [3.05, 3.63) is 52.5 Å². The number of rotatable bonds is 5. The molecule has 6 nitrogen and oxygen atoms in total. The molecule has 1 aromatic heterocycles. The molecule has 0 radical (unpaired) electrons. The molecule has 1 aliphatic heterocycles. The highest BCUT2D eigenvalue weighted by Crippen LogP contribution is 2.30. The van der Waals surface area contributed by atoms with E-state index >= 15 is 0 Å². The van der Waals surface area contributed by atoms with Gasteiger partial charge in [-0.15, -0.1) is 0 Å². The van der Waals surface area contributed by atoms with Crippen molar-refractivity contribution in [2.45, 2.75) is 58.7 Å². The maximum atomic E-state index is 13.4. The molecule has 4 rings (SSSR count). The minimum absolute atomic E-state index is 0.0732. The first-order chi connectivity index (χ1) is 13.4. The number of hydrogen-bond donors (Lipinski definition) is 1. The molecule has 2 heterocycles. The van der Waals surface area contributed by atoms with Gasteiger partial charge < -0.3 is 15.5 Å². The first-order valence-electron chi connectivity index (χ1n) is 10.1. The molecule has 2 aromatic rings. The fourth-order valence-corrected chi connectivity index (χ4v) is 3.77. The van der Waals surface area contributed by atoms with Gasteiger partial charge in [0.2, 0.25) is 5.82 Å². The van der Waals surface area contributed by atoms with E-state index in [-0.39, 0.29) is 11.9 Å². The zero-order chi connectivity index (χ0) is 19.8. The Labute approximate surface area is 166 Å². The number of aryl methyl sites for hydroxylation is 2. The lowest BCUT2D eigenvalue weighted by molar-refractivity contribution is 0.0717. The van der Waals surface area contributed by atoms with E-state index in [2.05, 4.69) is 41.1 Å². The van der Waals surface area contributed by atoms with Gasteiger partial charge in [-0.2, -0.15) is 0 Å². The highest BCUT2D eigenvalue weighted by Gasteiger charge is 2.35. The molecule has 1 aliphatic carbocycles. The fourth-order valence-electron chi connectivity index (χ4n) is 3.77. The molecule has 1 saturated carbocycles. The van der Waals surface area contributed by atoms with Crippen LogP contribution in [0.2, 0.25) is 0 Å². The maximum Gasteiger partial charge on any atom is 0.292 e. The Morgan fingerprint density at radius 3 is 2.46 bits per heavy atom. The van der Waals surface area contributed by atoms with E-state index < -0.39 is 0 Å². The smallest absolute Gasteiger partial charge is 0.292 e. The van der Waals surface area contributed by atoms with Crippen LogP contribution >= 0.6 is 0 Å². The first kappa shape index (κ1) is 18.9. The molecule has 2 N–H and O–H groups in total. The predicted octanol–water partition coefficient (Wildman–Crippen LogP) is 2.74. The molecular formula is C22H29N5O. The lowest BCUT2D eigenvalue weighted by Gasteiger charge is -2.24. The number of nitrogens with two attached hydrogens (primary N) is 1. The van der Waals surface area contributed by atoms with Crippen LogP contribution in [0.3, 0.4) is 0 Å². The van der Waals surface area contributed by atoms with Crippen LogP contribution in [0.1, 0.15) is 52.3 Å². The van der Waals surface area contributed by atoms with Gasteiger partial charge >= 0.3 is 0 Å². The Morgan fingerprint density at radius 1 is 1.14 bits per heavy atom. The second-order valence-corrected chi connectivity index (χ2v) is 8.23. The second-order valence-electron chi connectivity index (χ2n) is 8.23. The SMILES string of the molecule is Cc1ccc(CN(C(=O)c2nc(C)c(C)c(N3CC[C@@H](N)C3)n2)C2CC2)cc1. The van der Waals surface area contributed by atoms with Crippen molar-refractivity contribution in [3.8, 4) is 0 Å². The van der Waals surface area contributed by atoms with E-state index in [1.807, 2.05) is 18.7 Å². The van der Waals surface area contributed by atoms with Crippen LogP contribution in [0.15, 0.2) is 24.3 Å². The highest BCUT2D eigenvalue weighted by molar-refractivity contribution is 5.91.